The molecule has 0 aliphatic heterocycles. The Bertz CT molecular complexity index is 2890. The molecule has 0 spiro atoms. The molecule has 0 heteroatoms. The smallest absolute Gasteiger partial charge is 0.00928 e. The first-order chi connectivity index (χ1) is 23.8. The molecular weight excluding hydrogens is 577 g/mol. The average Bonchev–Trinajstić information content (AvgIpc) is 3.16. The maximum atomic E-state index is 2.41. The van der Waals surface area contributed by atoms with E-state index in [9.17, 15) is 0 Å². The third-order valence-corrected chi connectivity index (χ3v) is 10.2. The fraction of sp³-hybridized carbons (Fsp3) is 0. The molecule has 0 bridgehead atoms. The van der Waals surface area contributed by atoms with Gasteiger partial charge in [0.25, 0.3) is 0 Å². The topological polar surface area (TPSA) is 0 Å². The highest BCUT2D eigenvalue weighted by Crippen LogP contribution is 2.40. The van der Waals surface area contributed by atoms with Gasteiger partial charge in [-0.15, -0.1) is 0 Å². The quantitative estimate of drug-likeness (QED) is 0.176. The van der Waals surface area contributed by atoms with Gasteiger partial charge >= 0.3 is 0 Å². The molecule has 0 aliphatic rings. The van der Waals surface area contributed by atoms with Crippen molar-refractivity contribution < 1.29 is 0 Å². The Morgan fingerprint density at radius 1 is 0.188 bits per heavy atom. The zero-order valence-electron chi connectivity index (χ0n) is 26.3. The largest absolute Gasteiger partial charge is 0.0616 e. The molecule has 10 aromatic rings. The van der Waals surface area contributed by atoms with E-state index >= 15 is 0 Å². The lowest BCUT2D eigenvalue weighted by molar-refractivity contribution is 1.62. The predicted octanol–water partition coefficient (Wildman–Crippen LogP) is 13.6. The summed E-state index contributed by atoms with van der Waals surface area (Å²) in [5.74, 6) is 0. The molecule has 0 aliphatic carbocycles. The van der Waals surface area contributed by atoms with Crippen LogP contribution in [-0.2, 0) is 0 Å². The van der Waals surface area contributed by atoms with E-state index in [2.05, 4.69) is 182 Å². The van der Waals surface area contributed by atoms with E-state index in [1.165, 1.54) is 98.0 Å². The highest BCUT2D eigenvalue weighted by molar-refractivity contribution is 6.21. The summed E-state index contributed by atoms with van der Waals surface area (Å²) in [6.45, 7) is 0. The van der Waals surface area contributed by atoms with Crippen molar-refractivity contribution in [1.29, 1.82) is 0 Å². The second-order valence-corrected chi connectivity index (χ2v) is 12.9. The van der Waals surface area contributed by atoms with Crippen LogP contribution in [0.5, 0.6) is 0 Å². The van der Waals surface area contributed by atoms with Crippen LogP contribution >= 0.6 is 0 Å². The Labute approximate surface area is 279 Å². The highest BCUT2D eigenvalue weighted by Gasteiger charge is 2.13. The molecular formula is C48H30. The van der Waals surface area contributed by atoms with Crippen LogP contribution in [-0.4, -0.2) is 0 Å². The van der Waals surface area contributed by atoms with Crippen LogP contribution in [0.15, 0.2) is 182 Å². The van der Waals surface area contributed by atoms with E-state index in [1.807, 2.05) is 0 Å². The molecule has 0 N–H and O–H groups in total. The first kappa shape index (κ1) is 26.9. The van der Waals surface area contributed by atoms with E-state index < -0.39 is 0 Å². The van der Waals surface area contributed by atoms with Gasteiger partial charge in [0.05, 0.1) is 0 Å². The summed E-state index contributed by atoms with van der Waals surface area (Å²) in [4.78, 5) is 0. The maximum absolute atomic E-state index is 2.41. The van der Waals surface area contributed by atoms with Crippen LogP contribution in [0.1, 0.15) is 0 Å². The molecule has 0 fully saturated rings. The van der Waals surface area contributed by atoms with Crippen LogP contribution in [0.3, 0.4) is 0 Å². The van der Waals surface area contributed by atoms with E-state index in [0.29, 0.717) is 0 Å². The normalized spacial score (nSPS) is 11.8. The summed E-state index contributed by atoms with van der Waals surface area (Å²) in [5.41, 5.74) is 7.46. The fourth-order valence-corrected chi connectivity index (χ4v) is 7.85. The van der Waals surface area contributed by atoms with Gasteiger partial charge < -0.3 is 0 Å². The monoisotopic (exact) mass is 606 g/mol. The van der Waals surface area contributed by atoms with Gasteiger partial charge in [-0.3, -0.25) is 0 Å². The zero-order valence-corrected chi connectivity index (χ0v) is 26.3. The van der Waals surface area contributed by atoms with Gasteiger partial charge in [0.1, 0.15) is 0 Å². The zero-order chi connectivity index (χ0) is 31.6. The van der Waals surface area contributed by atoms with Crippen molar-refractivity contribution in [3.63, 3.8) is 0 Å². The number of rotatable bonds is 3. The fourth-order valence-electron chi connectivity index (χ4n) is 7.85. The molecule has 0 saturated heterocycles. The molecule has 0 aromatic heterocycles. The summed E-state index contributed by atoms with van der Waals surface area (Å²) in [6.07, 6.45) is 0. The minimum absolute atomic E-state index is 1.22. The lowest BCUT2D eigenvalue weighted by Crippen LogP contribution is -1.87. The molecule has 10 rings (SSSR count). The summed E-state index contributed by atoms with van der Waals surface area (Å²) in [5, 5.41) is 15.4. The number of benzene rings is 10. The first-order valence-electron chi connectivity index (χ1n) is 16.7. The number of hydrogen-bond donors (Lipinski definition) is 0. The minimum Gasteiger partial charge on any atom is -0.0616 e. The average molecular weight is 607 g/mol. The molecule has 222 valence electrons. The Hall–Kier alpha value is -6.24. The van der Waals surface area contributed by atoms with Crippen LogP contribution < -0.4 is 0 Å². The molecule has 0 saturated carbocycles. The van der Waals surface area contributed by atoms with Gasteiger partial charge in [0, 0.05) is 0 Å². The Balaban J connectivity index is 1.13. The predicted molar refractivity (Wildman–Crippen MR) is 208 cm³/mol. The first-order valence-corrected chi connectivity index (χ1v) is 16.7. The second-order valence-electron chi connectivity index (χ2n) is 12.9. The molecule has 0 radical (unpaired) electrons. The SMILES string of the molecule is c1cc(-c2ccc3ccc(-c4cc5c6ccccc6ccc5c5ccccc45)cc3c2)cc(-c2cc3ccccc3c3ccccc23)c1. The van der Waals surface area contributed by atoms with Gasteiger partial charge in [0.2, 0.25) is 0 Å². The van der Waals surface area contributed by atoms with Crippen molar-refractivity contribution in [3.05, 3.63) is 182 Å². The van der Waals surface area contributed by atoms with E-state index in [4.69, 9.17) is 0 Å². The lowest BCUT2D eigenvalue weighted by atomic mass is 9.89. The molecule has 48 heavy (non-hydrogen) atoms. The number of hydrogen-bond acceptors (Lipinski definition) is 0. The van der Waals surface area contributed by atoms with Gasteiger partial charge in [-0.25, -0.2) is 0 Å². The minimum atomic E-state index is 1.22. The van der Waals surface area contributed by atoms with Crippen molar-refractivity contribution in [1.82, 2.24) is 0 Å². The van der Waals surface area contributed by atoms with Crippen LogP contribution in [0, 0.1) is 0 Å². The Kier molecular flexibility index (Phi) is 5.98. The van der Waals surface area contributed by atoms with E-state index in [0.717, 1.165) is 0 Å². The van der Waals surface area contributed by atoms with Gasteiger partial charge in [-0.2, -0.15) is 0 Å². The third-order valence-electron chi connectivity index (χ3n) is 10.2. The van der Waals surface area contributed by atoms with Gasteiger partial charge in [-0.05, 0) is 128 Å². The molecule has 0 nitrogen and oxygen atoms in total. The highest BCUT2D eigenvalue weighted by atomic mass is 14.2. The summed E-state index contributed by atoms with van der Waals surface area (Å²) in [6, 6.07) is 67.2. The Morgan fingerprint density at radius 2 is 0.667 bits per heavy atom. The maximum Gasteiger partial charge on any atom is -0.00928 e. The van der Waals surface area contributed by atoms with E-state index in [1.54, 1.807) is 0 Å². The molecule has 0 amide bonds. The summed E-state index contributed by atoms with van der Waals surface area (Å²) < 4.78 is 0. The molecule has 0 heterocycles. The van der Waals surface area contributed by atoms with Crippen molar-refractivity contribution in [2.75, 3.05) is 0 Å². The van der Waals surface area contributed by atoms with Crippen LogP contribution in [0.4, 0.5) is 0 Å². The van der Waals surface area contributed by atoms with E-state index in [-0.39, 0.29) is 0 Å². The van der Waals surface area contributed by atoms with Crippen molar-refractivity contribution in [2.45, 2.75) is 0 Å². The Morgan fingerprint density at radius 3 is 1.44 bits per heavy atom. The van der Waals surface area contributed by atoms with Crippen molar-refractivity contribution >= 4 is 64.6 Å². The number of fused-ring (bicyclic) bond motifs is 9. The lowest BCUT2D eigenvalue weighted by Gasteiger charge is -2.14. The standard InChI is InChI=1S/C48H30/c1-3-14-39-32(10-1)24-25-45-42-17-6-8-19-44(42)47(30-48(39)45)37-23-21-31-20-22-34(27-38(31)28-37)33-12-9-13-35(26-33)46-29-36-11-2-4-15-40(36)41-16-5-7-18-43(41)46/h1-30H. The van der Waals surface area contributed by atoms with Gasteiger partial charge in [0.15, 0.2) is 0 Å². The van der Waals surface area contributed by atoms with Crippen LogP contribution in [0.2, 0.25) is 0 Å². The summed E-state index contributed by atoms with van der Waals surface area (Å²) >= 11 is 0. The van der Waals surface area contributed by atoms with Crippen LogP contribution in [0.25, 0.3) is 98.0 Å². The summed E-state index contributed by atoms with van der Waals surface area (Å²) in [7, 11) is 0. The molecule has 0 unspecified atom stereocenters. The third kappa shape index (κ3) is 4.24. The van der Waals surface area contributed by atoms with Crippen molar-refractivity contribution in [2.24, 2.45) is 0 Å². The second kappa shape index (κ2) is 10.7. The van der Waals surface area contributed by atoms with Gasteiger partial charge in [-0.1, -0.05) is 152 Å². The van der Waals surface area contributed by atoms with Crippen molar-refractivity contribution in [3.8, 4) is 33.4 Å². The molecule has 0 atom stereocenters. The molecule has 10 aromatic carbocycles.